The van der Waals surface area contributed by atoms with Crippen molar-refractivity contribution in [2.24, 2.45) is 11.3 Å². The average molecular weight is 186 g/mol. The molecule has 1 heterocycles. The lowest BCUT2D eigenvalue weighted by molar-refractivity contribution is 0.0707. The summed E-state index contributed by atoms with van der Waals surface area (Å²) in [6.45, 7) is 6.36. The maximum atomic E-state index is 9.38. The molecule has 0 aromatic carbocycles. The van der Waals surface area contributed by atoms with Gasteiger partial charge in [0.05, 0.1) is 13.2 Å². The number of ether oxygens (including phenoxy) is 1. The Balaban J connectivity index is 2.46. The predicted octanol–water partition coefficient (Wildman–Crippen LogP) is 2.21. The zero-order valence-corrected chi connectivity index (χ0v) is 8.88. The molecule has 0 spiro atoms. The van der Waals surface area contributed by atoms with Crippen molar-refractivity contribution in [3.63, 3.8) is 0 Å². The van der Waals surface area contributed by atoms with E-state index in [4.69, 9.17) is 4.74 Å². The largest absolute Gasteiger partial charge is 0.396 e. The molecule has 1 unspecified atom stereocenters. The first-order chi connectivity index (χ1) is 6.26. The minimum absolute atomic E-state index is 0.0939. The van der Waals surface area contributed by atoms with Crippen LogP contribution in [0, 0.1) is 11.3 Å². The summed E-state index contributed by atoms with van der Waals surface area (Å²) >= 11 is 0. The lowest BCUT2D eigenvalue weighted by atomic mass is 9.77. The highest BCUT2D eigenvalue weighted by Gasteiger charge is 2.35. The number of hydrogen-bond donors (Lipinski definition) is 1. The third-order valence-electron chi connectivity index (χ3n) is 3.40. The van der Waals surface area contributed by atoms with E-state index in [0.29, 0.717) is 6.61 Å². The third kappa shape index (κ3) is 2.68. The van der Waals surface area contributed by atoms with E-state index in [2.05, 4.69) is 13.8 Å². The first kappa shape index (κ1) is 11.0. The second-order valence-corrected chi connectivity index (χ2v) is 4.35. The van der Waals surface area contributed by atoms with Crippen LogP contribution in [-0.2, 0) is 4.74 Å². The Hall–Kier alpha value is -0.0800. The van der Waals surface area contributed by atoms with Gasteiger partial charge < -0.3 is 9.84 Å². The summed E-state index contributed by atoms with van der Waals surface area (Å²) < 4.78 is 5.38. The highest BCUT2D eigenvalue weighted by atomic mass is 16.5. The Morgan fingerprint density at radius 1 is 1.38 bits per heavy atom. The maximum Gasteiger partial charge on any atom is 0.0545 e. The van der Waals surface area contributed by atoms with E-state index < -0.39 is 0 Å². The van der Waals surface area contributed by atoms with Crippen LogP contribution in [0.2, 0.25) is 0 Å². The summed E-state index contributed by atoms with van der Waals surface area (Å²) in [6, 6.07) is 0. The van der Waals surface area contributed by atoms with Gasteiger partial charge in [0.25, 0.3) is 0 Å². The van der Waals surface area contributed by atoms with Gasteiger partial charge in [0.1, 0.15) is 0 Å². The fraction of sp³-hybridized carbons (Fsp3) is 1.00. The second kappa shape index (κ2) is 4.97. The molecule has 1 N–H and O–H groups in total. The number of aliphatic hydroxyl groups excluding tert-OH is 1. The Morgan fingerprint density at radius 3 is 2.46 bits per heavy atom. The molecule has 2 nitrogen and oxygen atoms in total. The van der Waals surface area contributed by atoms with Crippen molar-refractivity contribution in [2.75, 3.05) is 19.8 Å². The topological polar surface area (TPSA) is 29.5 Å². The van der Waals surface area contributed by atoms with E-state index >= 15 is 0 Å². The zero-order valence-electron chi connectivity index (χ0n) is 8.88. The Labute approximate surface area is 81.3 Å². The van der Waals surface area contributed by atoms with Crippen molar-refractivity contribution in [3.8, 4) is 0 Å². The molecular formula is C11H22O2. The van der Waals surface area contributed by atoms with Crippen molar-refractivity contribution < 1.29 is 9.84 Å². The van der Waals surface area contributed by atoms with Gasteiger partial charge in [0.15, 0.2) is 0 Å². The number of aliphatic hydroxyl groups is 1. The van der Waals surface area contributed by atoms with Crippen LogP contribution in [0.1, 0.15) is 39.5 Å². The highest BCUT2D eigenvalue weighted by molar-refractivity contribution is 4.84. The van der Waals surface area contributed by atoms with E-state index in [1.54, 1.807) is 0 Å². The predicted molar refractivity (Wildman–Crippen MR) is 53.6 cm³/mol. The first-order valence-electron chi connectivity index (χ1n) is 5.45. The van der Waals surface area contributed by atoms with Crippen molar-refractivity contribution >= 4 is 0 Å². The molecule has 0 amide bonds. The summed E-state index contributed by atoms with van der Waals surface area (Å²) in [7, 11) is 0. The van der Waals surface area contributed by atoms with Gasteiger partial charge in [-0.3, -0.25) is 0 Å². The molecule has 1 saturated heterocycles. The SMILES string of the molecule is CCC(CC)CC1(CO)CCOC1. The molecule has 13 heavy (non-hydrogen) atoms. The quantitative estimate of drug-likeness (QED) is 0.713. The molecule has 0 aromatic rings. The molecule has 1 fully saturated rings. The van der Waals surface area contributed by atoms with Crippen LogP contribution in [0.25, 0.3) is 0 Å². The van der Waals surface area contributed by atoms with Crippen molar-refractivity contribution in [1.82, 2.24) is 0 Å². The summed E-state index contributed by atoms with van der Waals surface area (Å²) in [6.07, 6.45) is 4.62. The fourth-order valence-corrected chi connectivity index (χ4v) is 2.19. The van der Waals surface area contributed by atoms with Crippen LogP contribution in [0.4, 0.5) is 0 Å². The van der Waals surface area contributed by atoms with Gasteiger partial charge in [-0.05, 0) is 18.8 Å². The molecule has 2 heteroatoms. The van der Waals surface area contributed by atoms with Gasteiger partial charge in [0.2, 0.25) is 0 Å². The lowest BCUT2D eigenvalue weighted by Gasteiger charge is -2.28. The van der Waals surface area contributed by atoms with Crippen LogP contribution in [-0.4, -0.2) is 24.9 Å². The maximum absolute atomic E-state index is 9.38. The van der Waals surface area contributed by atoms with Crippen LogP contribution in [0.15, 0.2) is 0 Å². The fourth-order valence-electron chi connectivity index (χ4n) is 2.19. The molecule has 0 aromatic heterocycles. The Kier molecular flexibility index (Phi) is 4.20. The highest BCUT2D eigenvalue weighted by Crippen LogP contribution is 2.36. The standard InChI is InChI=1S/C11H22O2/c1-3-10(4-2)7-11(8-12)5-6-13-9-11/h10,12H,3-9H2,1-2H3. The average Bonchev–Trinajstić information content (AvgIpc) is 2.63. The normalized spacial score (nSPS) is 28.6. The molecule has 1 aliphatic heterocycles. The summed E-state index contributed by atoms with van der Waals surface area (Å²) in [5.74, 6) is 0.758. The van der Waals surface area contributed by atoms with Gasteiger partial charge in [0, 0.05) is 12.0 Å². The number of hydrogen-bond acceptors (Lipinski definition) is 2. The van der Waals surface area contributed by atoms with Crippen LogP contribution < -0.4 is 0 Å². The summed E-state index contributed by atoms with van der Waals surface area (Å²) in [4.78, 5) is 0. The van der Waals surface area contributed by atoms with Crippen LogP contribution in [0.5, 0.6) is 0 Å². The monoisotopic (exact) mass is 186 g/mol. The van der Waals surface area contributed by atoms with Crippen LogP contribution >= 0.6 is 0 Å². The lowest BCUT2D eigenvalue weighted by Crippen LogP contribution is -2.28. The smallest absolute Gasteiger partial charge is 0.0545 e. The molecule has 0 saturated carbocycles. The van der Waals surface area contributed by atoms with Gasteiger partial charge in [-0.2, -0.15) is 0 Å². The minimum atomic E-state index is 0.0939. The van der Waals surface area contributed by atoms with Crippen LogP contribution in [0.3, 0.4) is 0 Å². The third-order valence-corrected chi connectivity index (χ3v) is 3.40. The van der Waals surface area contributed by atoms with Crippen molar-refractivity contribution in [2.45, 2.75) is 39.5 Å². The summed E-state index contributed by atoms with van der Waals surface area (Å²) in [5, 5.41) is 9.38. The number of rotatable bonds is 5. The minimum Gasteiger partial charge on any atom is -0.396 e. The summed E-state index contributed by atoms with van der Waals surface area (Å²) in [5.41, 5.74) is 0.0939. The van der Waals surface area contributed by atoms with E-state index in [9.17, 15) is 5.11 Å². The van der Waals surface area contributed by atoms with Crippen molar-refractivity contribution in [3.05, 3.63) is 0 Å². The van der Waals surface area contributed by atoms with Gasteiger partial charge >= 0.3 is 0 Å². The molecule has 0 radical (unpaired) electrons. The van der Waals surface area contributed by atoms with E-state index in [0.717, 1.165) is 32.0 Å². The molecule has 0 bridgehead atoms. The molecule has 1 aliphatic rings. The van der Waals surface area contributed by atoms with Gasteiger partial charge in [-0.15, -0.1) is 0 Å². The van der Waals surface area contributed by atoms with E-state index in [1.165, 1.54) is 12.8 Å². The molecular weight excluding hydrogens is 164 g/mol. The molecule has 0 aliphatic carbocycles. The molecule has 78 valence electrons. The Morgan fingerprint density at radius 2 is 2.08 bits per heavy atom. The van der Waals surface area contributed by atoms with E-state index in [1.807, 2.05) is 0 Å². The molecule has 1 rings (SSSR count). The zero-order chi connectivity index (χ0) is 9.73. The molecule has 1 atom stereocenters. The van der Waals surface area contributed by atoms with Gasteiger partial charge in [-0.1, -0.05) is 26.7 Å². The first-order valence-corrected chi connectivity index (χ1v) is 5.45. The van der Waals surface area contributed by atoms with Crippen molar-refractivity contribution in [1.29, 1.82) is 0 Å². The van der Waals surface area contributed by atoms with Gasteiger partial charge in [-0.25, -0.2) is 0 Å². The second-order valence-electron chi connectivity index (χ2n) is 4.35. The van der Waals surface area contributed by atoms with E-state index in [-0.39, 0.29) is 5.41 Å². The Bertz CT molecular complexity index is 135.